The number of aromatic nitrogens is 1. The zero-order chi connectivity index (χ0) is 22.4. The van der Waals surface area contributed by atoms with Crippen molar-refractivity contribution in [3.8, 4) is 6.07 Å². The van der Waals surface area contributed by atoms with Gasteiger partial charge in [-0.25, -0.2) is 18.1 Å². The Morgan fingerprint density at radius 3 is 2.42 bits per heavy atom. The number of aryl methyl sites for hydroxylation is 2. The molecule has 0 saturated carbocycles. The molecule has 0 fully saturated rings. The monoisotopic (exact) mass is 454 g/mol. The molecule has 160 valence electrons. The van der Waals surface area contributed by atoms with Gasteiger partial charge in [0, 0.05) is 29.8 Å². The maximum Gasteiger partial charge on any atom is 0.257 e. The first kappa shape index (κ1) is 22.6. The van der Waals surface area contributed by atoms with E-state index in [9.17, 15) is 13.2 Å². The molecule has 31 heavy (non-hydrogen) atoms. The Hall–Kier alpha value is -3.06. The number of sulfonamides is 1. The molecule has 2 N–H and O–H groups in total. The zero-order valence-electron chi connectivity index (χ0n) is 17.2. The van der Waals surface area contributed by atoms with Gasteiger partial charge in [0.1, 0.15) is 0 Å². The van der Waals surface area contributed by atoms with Crippen LogP contribution in [0.25, 0.3) is 0 Å². The number of hydrogen-bond donors (Lipinski definition) is 2. The van der Waals surface area contributed by atoms with Crippen molar-refractivity contribution < 1.29 is 13.2 Å². The second kappa shape index (κ2) is 9.83. The van der Waals surface area contributed by atoms with Gasteiger partial charge in [0.2, 0.25) is 10.0 Å². The maximum atomic E-state index is 12.6. The van der Waals surface area contributed by atoms with Gasteiger partial charge in [-0.1, -0.05) is 29.8 Å². The summed E-state index contributed by atoms with van der Waals surface area (Å²) in [6.45, 7) is 3.99. The number of rotatable bonds is 8. The third-order valence-corrected chi connectivity index (χ3v) is 7.10. The minimum atomic E-state index is -3.71. The van der Waals surface area contributed by atoms with Gasteiger partial charge in [-0.15, -0.1) is 11.3 Å². The molecule has 3 aromatic rings. The van der Waals surface area contributed by atoms with Crippen LogP contribution in [0.2, 0.25) is 0 Å². The molecule has 0 bridgehead atoms. The number of nitrogens with one attached hydrogen (secondary N) is 2. The summed E-state index contributed by atoms with van der Waals surface area (Å²) in [5.74, 6) is -0.364. The van der Waals surface area contributed by atoms with E-state index in [1.165, 1.54) is 46.7 Å². The van der Waals surface area contributed by atoms with E-state index in [2.05, 4.69) is 39.3 Å². The summed E-state index contributed by atoms with van der Waals surface area (Å²) < 4.78 is 26.7. The molecule has 7 nitrogen and oxygen atoms in total. The van der Waals surface area contributed by atoms with Crippen LogP contribution in [-0.2, 0) is 16.4 Å². The van der Waals surface area contributed by atoms with Gasteiger partial charge in [0.25, 0.3) is 5.91 Å². The van der Waals surface area contributed by atoms with Gasteiger partial charge in [0.15, 0.2) is 5.13 Å². The summed E-state index contributed by atoms with van der Waals surface area (Å²) in [5, 5.41) is 11.8. The largest absolute Gasteiger partial charge is 0.298 e. The van der Waals surface area contributed by atoms with Crippen molar-refractivity contribution >= 4 is 32.4 Å². The van der Waals surface area contributed by atoms with Crippen LogP contribution in [-0.4, -0.2) is 25.9 Å². The molecule has 0 radical (unpaired) electrons. The third kappa shape index (κ3) is 5.98. The Morgan fingerprint density at radius 1 is 1.10 bits per heavy atom. The van der Waals surface area contributed by atoms with Crippen LogP contribution >= 0.6 is 11.3 Å². The van der Waals surface area contributed by atoms with E-state index in [4.69, 9.17) is 5.26 Å². The number of thiazole rings is 1. The van der Waals surface area contributed by atoms with E-state index in [-0.39, 0.29) is 23.8 Å². The fourth-order valence-electron chi connectivity index (χ4n) is 2.82. The van der Waals surface area contributed by atoms with Gasteiger partial charge >= 0.3 is 0 Å². The van der Waals surface area contributed by atoms with E-state index < -0.39 is 10.0 Å². The second-order valence-electron chi connectivity index (χ2n) is 6.97. The van der Waals surface area contributed by atoms with Crippen molar-refractivity contribution in [2.75, 3.05) is 11.9 Å². The highest BCUT2D eigenvalue weighted by Gasteiger charge is 2.16. The molecule has 1 heterocycles. The molecule has 0 saturated heterocycles. The van der Waals surface area contributed by atoms with Gasteiger partial charge in [-0.05, 0) is 43.7 Å². The predicted molar refractivity (Wildman–Crippen MR) is 121 cm³/mol. The minimum absolute atomic E-state index is 0.0347. The second-order valence-corrected chi connectivity index (χ2v) is 9.82. The molecule has 2 aromatic carbocycles. The Morgan fingerprint density at radius 2 is 1.77 bits per heavy atom. The topological polar surface area (TPSA) is 112 Å². The van der Waals surface area contributed by atoms with Crippen molar-refractivity contribution in [2.24, 2.45) is 0 Å². The number of nitriles is 1. The number of anilines is 1. The highest BCUT2D eigenvalue weighted by atomic mass is 32.2. The Kier molecular flexibility index (Phi) is 7.17. The number of amides is 1. The van der Waals surface area contributed by atoms with Gasteiger partial charge in [-0.2, -0.15) is 5.26 Å². The van der Waals surface area contributed by atoms with Crippen molar-refractivity contribution in [3.05, 3.63) is 75.8 Å². The van der Waals surface area contributed by atoms with Crippen molar-refractivity contribution in [3.63, 3.8) is 0 Å². The fraction of sp³-hybridized carbons (Fsp3) is 0.227. The average molecular weight is 455 g/mol. The molecule has 0 unspecified atom stereocenters. The first-order valence-corrected chi connectivity index (χ1v) is 11.9. The molecule has 0 spiro atoms. The van der Waals surface area contributed by atoms with Gasteiger partial charge in [-0.3, -0.25) is 10.1 Å². The normalized spacial score (nSPS) is 11.1. The fourth-order valence-corrected chi connectivity index (χ4v) is 4.84. The molecule has 1 aromatic heterocycles. The molecular weight excluding hydrogens is 432 g/mol. The molecule has 0 aliphatic rings. The van der Waals surface area contributed by atoms with Crippen LogP contribution in [0.15, 0.2) is 53.4 Å². The maximum absolute atomic E-state index is 12.6. The molecular formula is C22H22N4O3S2. The molecule has 1 amide bonds. The number of nitrogens with zero attached hydrogens (tertiary/aromatic N) is 2. The average Bonchev–Trinajstić information content (AvgIpc) is 3.08. The quantitative estimate of drug-likeness (QED) is 0.503. The summed E-state index contributed by atoms with van der Waals surface area (Å²) >= 11 is 1.42. The van der Waals surface area contributed by atoms with E-state index >= 15 is 0 Å². The summed E-state index contributed by atoms with van der Waals surface area (Å²) in [6, 6.07) is 15.8. The molecule has 3 rings (SSSR count). The Balaban J connectivity index is 1.66. The molecule has 9 heteroatoms. The van der Waals surface area contributed by atoms with Gasteiger partial charge < -0.3 is 0 Å². The van der Waals surface area contributed by atoms with E-state index in [1.807, 2.05) is 19.9 Å². The zero-order valence-corrected chi connectivity index (χ0v) is 18.8. The standard InChI is InChI=1S/C22H22N4O3S2/c1-15-4-6-17(7-5-15)14-20-16(2)25-22(30-20)26-21(27)18-8-10-19(11-9-18)31(28,29)24-13-3-12-23/h4-11,24H,3,13-14H2,1-2H3,(H,25,26,27). The van der Waals surface area contributed by atoms with Crippen molar-refractivity contribution in [2.45, 2.75) is 31.6 Å². The SMILES string of the molecule is Cc1ccc(Cc2sc(NC(=O)c3ccc(S(=O)(=O)NCCC#N)cc3)nc2C)cc1. The van der Waals surface area contributed by atoms with E-state index in [0.29, 0.717) is 10.7 Å². The summed E-state index contributed by atoms with van der Waals surface area (Å²) in [4.78, 5) is 18.1. The predicted octanol–water partition coefficient (Wildman–Crippen LogP) is 3.80. The number of carbonyl (C=O) groups is 1. The van der Waals surface area contributed by atoms with E-state index in [0.717, 1.165) is 17.0 Å². The summed E-state index contributed by atoms with van der Waals surface area (Å²) in [5.41, 5.74) is 3.57. The lowest BCUT2D eigenvalue weighted by atomic mass is 10.1. The van der Waals surface area contributed by atoms with Gasteiger partial charge in [0.05, 0.1) is 16.7 Å². The van der Waals surface area contributed by atoms with Crippen LogP contribution in [0, 0.1) is 25.2 Å². The number of benzene rings is 2. The van der Waals surface area contributed by atoms with E-state index in [1.54, 1.807) is 0 Å². The molecule has 0 atom stereocenters. The highest BCUT2D eigenvalue weighted by molar-refractivity contribution is 7.89. The van der Waals surface area contributed by atoms with Crippen molar-refractivity contribution in [1.82, 2.24) is 9.71 Å². The minimum Gasteiger partial charge on any atom is -0.298 e. The lowest BCUT2D eigenvalue weighted by Gasteiger charge is -2.06. The lowest BCUT2D eigenvalue weighted by Crippen LogP contribution is -2.24. The molecule has 0 aliphatic carbocycles. The van der Waals surface area contributed by atoms with Crippen LogP contribution < -0.4 is 10.0 Å². The number of hydrogen-bond acceptors (Lipinski definition) is 6. The first-order valence-electron chi connectivity index (χ1n) is 9.58. The van der Waals surface area contributed by atoms with Crippen LogP contribution in [0.5, 0.6) is 0 Å². The smallest absolute Gasteiger partial charge is 0.257 e. The molecule has 0 aliphatic heterocycles. The summed E-state index contributed by atoms with van der Waals surface area (Å²) in [6.07, 6.45) is 0.823. The van der Waals surface area contributed by atoms with Crippen LogP contribution in [0.4, 0.5) is 5.13 Å². The Bertz CT molecular complexity index is 1210. The summed E-state index contributed by atoms with van der Waals surface area (Å²) in [7, 11) is -3.71. The Labute approximate surface area is 185 Å². The van der Waals surface area contributed by atoms with Crippen molar-refractivity contribution in [1.29, 1.82) is 5.26 Å². The van der Waals surface area contributed by atoms with Crippen LogP contribution in [0.3, 0.4) is 0 Å². The lowest BCUT2D eigenvalue weighted by molar-refractivity contribution is 0.102. The third-order valence-electron chi connectivity index (χ3n) is 4.55. The first-order chi connectivity index (χ1) is 14.8. The van der Waals surface area contributed by atoms with Crippen LogP contribution in [0.1, 0.15) is 38.5 Å². The number of carbonyl (C=O) groups excluding carboxylic acids is 1. The highest BCUT2D eigenvalue weighted by Crippen LogP contribution is 2.26.